The molecular formula is C28H39N5O. The molecule has 182 valence electrons. The third-order valence-corrected chi connectivity index (χ3v) is 6.61. The minimum Gasteiger partial charge on any atom is -0.497 e. The van der Waals surface area contributed by atoms with Gasteiger partial charge in [-0.05, 0) is 102 Å². The Balaban J connectivity index is 1.36. The molecule has 0 saturated carbocycles. The first-order chi connectivity index (χ1) is 16.6. The molecule has 6 heteroatoms. The summed E-state index contributed by atoms with van der Waals surface area (Å²) in [7, 11) is 6.01. The Morgan fingerprint density at radius 3 is 2.59 bits per heavy atom. The maximum Gasteiger partial charge on any atom is 0.118 e. The standard InChI is InChI=1S/C28H39N5O/c1-33(2)16-13-23(17-21-19-29-20-21)30-14-6-15-31-28-18-27(22-9-11-24(34-3)12-10-22)32-26-8-5-4-7-25(26)28/h4-5,7-12,18,21,23,29-30H,6,13-17,19-20H2,1-3H3,(H,31,32). The van der Waals surface area contributed by atoms with Crippen molar-refractivity contribution in [1.29, 1.82) is 0 Å². The fourth-order valence-corrected chi connectivity index (χ4v) is 4.48. The number of para-hydroxylation sites is 1. The maximum absolute atomic E-state index is 5.31. The number of methoxy groups -OCH3 is 1. The van der Waals surface area contributed by atoms with Crippen LogP contribution >= 0.6 is 0 Å². The molecule has 0 spiro atoms. The Morgan fingerprint density at radius 2 is 1.88 bits per heavy atom. The average molecular weight is 462 g/mol. The Morgan fingerprint density at radius 1 is 1.09 bits per heavy atom. The van der Waals surface area contributed by atoms with Crippen molar-refractivity contribution in [2.24, 2.45) is 5.92 Å². The first-order valence-corrected chi connectivity index (χ1v) is 12.5. The van der Waals surface area contributed by atoms with Crippen LogP contribution in [0.3, 0.4) is 0 Å². The molecule has 1 atom stereocenters. The maximum atomic E-state index is 5.31. The first-order valence-electron chi connectivity index (χ1n) is 12.5. The van der Waals surface area contributed by atoms with Gasteiger partial charge in [-0.1, -0.05) is 18.2 Å². The van der Waals surface area contributed by atoms with Gasteiger partial charge in [0.2, 0.25) is 0 Å². The Bertz CT molecular complexity index is 1030. The summed E-state index contributed by atoms with van der Waals surface area (Å²) in [6.07, 6.45) is 3.56. The van der Waals surface area contributed by atoms with E-state index in [4.69, 9.17) is 9.72 Å². The summed E-state index contributed by atoms with van der Waals surface area (Å²) in [5, 5.41) is 12.1. The summed E-state index contributed by atoms with van der Waals surface area (Å²) >= 11 is 0. The van der Waals surface area contributed by atoms with E-state index >= 15 is 0 Å². The highest BCUT2D eigenvalue weighted by molar-refractivity contribution is 5.93. The number of hydrogen-bond acceptors (Lipinski definition) is 6. The number of pyridine rings is 1. The van der Waals surface area contributed by atoms with Crippen LogP contribution in [0.4, 0.5) is 5.69 Å². The molecule has 3 N–H and O–H groups in total. The first kappa shape index (κ1) is 24.5. The molecule has 2 aromatic carbocycles. The Labute approximate surface area is 204 Å². The van der Waals surface area contributed by atoms with Gasteiger partial charge in [-0.3, -0.25) is 0 Å². The van der Waals surface area contributed by atoms with Crippen molar-refractivity contribution in [3.63, 3.8) is 0 Å². The molecule has 0 amide bonds. The van der Waals surface area contributed by atoms with Crippen molar-refractivity contribution in [3.05, 3.63) is 54.6 Å². The van der Waals surface area contributed by atoms with Crippen molar-refractivity contribution < 1.29 is 4.74 Å². The molecule has 1 aromatic heterocycles. The van der Waals surface area contributed by atoms with E-state index in [0.29, 0.717) is 6.04 Å². The van der Waals surface area contributed by atoms with Crippen LogP contribution in [0.25, 0.3) is 22.2 Å². The summed E-state index contributed by atoms with van der Waals surface area (Å²) in [6.45, 7) is 5.43. The number of fused-ring (bicyclic) bond motifs is 1. The average Bonchev–Trinajstić information content (AvgIpc) is 2.83. The van der Waals surface area contributed by atoms with Crippen LogP contribution in [0.2, 0.25) is 0 Å². The fourth-order valence-electron chi connectivity index (χ4n) is 4.48. The molecule has 1 aliphatic rings. The van der Waals surface area contributed by atoms with Crippen LogP contribution in [0.15, 0.2) is 54.6 Å². The number of ether oxygens (including phenoxy) is 1. The number of benzene rings is 2. The van der Waals surface area contributed by atoms with Gasteiger partial charge in [0, 0.05) is 29.2 Å². The van der Waals surface area contributed by atoms with Crippen molar-refractivity contribution in [2.75, 3.05) is 59.2 Å². The lowest BCUT2D eigenvalue weighted by Gasteiger charge is -2.32. The monoisotopic (exact) mass is 461 g/mol. The highest BCUT2D eigenvalue weighted by Crippen LogP contribution is 2.29. The highest BCUT2D eigenvalue weighted by Gasteiger charge is 2.21. The van der Waals surface area contributed by atoms with Gasteiger partial charge >= 0.3 is 0 Å². The van der Waals surface area contributed by atoms with Crippen LogP contribution < -0.4 is 20.7 Å². The lowest BCUT2D eigenvalue weighted by Crippen LogP contribution is -2.46. The molecule has 0 aliphatic carbocycles. The molecule has 0 radical (unpaired) electrons. The van der Waals surface area contributed by atoms with Gasteiger partial charge in [-0.25, -0.2) is 4.98 Å². The number of anilines is 1. The summed E-state index contributed by atoms with van der Waals surface area (Å²) in [5.41, 5.74) is 4.21. The van der Waals surface area contributed by atoms with E-state index in [1.807, 2.05) is 18.2 Å². The van der Waals surface area contributed by atoms with Crippen LogP contribution in [0.5, 0.6) is 5.75 Å². The molecule has 2 heterocycles. The van der Waals surface area contributed by atoms with E-state index in [9.17, 15) is 0 Å². The molecule has 1 fully saturated rings. The van der Waals surface area contributed by atoms with Crippen molar-refractivity contribution in [2.45, 2.75) is 25.3 Å². The minimum atomic E-state index is 0.595. The molecule has 0 bridgehead atoms. The topological polar surface area (TPSA) is 61.5 Å². The van der Waals surface area contributed by atoms with Gasteiger partial charge in [0.25, 0.3) is 0 Å². The van der Waals surface area contributed by atoms with Crippen LogP contribution in [0, 0.1) is 5.92 Å². The van der Waals surface area contributed by atoms with Gasteiger partial charge in [0.1, 0.15) is 5.75 Å². The molecule has 1 unspecified atom stereocenters. The summed E-state index contributed by atoms with van der Waals surface area (Å²) in [6, 6.07) is 19.2. The van der Waals surface area contributed by atoms with E-state index in [1.54, 1.807) is 7.11 Å². The zero-order chi connectivity index (χ0) is 23.8. The lowest BCUT2D eigenvalue weighted by atomic mass is 9.93. The highest BCUT2D eigenvalue weighted by atomic mass is 16.5. The van der Waals surface area contributed by atoms with Gasteiger partial charge in [-0.15, -0.1) is 0 Å². The van der Waals surface area contributed by atoms with Gasteiger partial charge in [0.05, 0.1) is 18.3 Å². The molecular weight excluding hydrogens is 422 g/mol. The van der Waals surface area contributed by atoms with E-state index < -0.39 is 0 Å². The second-order valence-corrected chi connectivity index (χ2v) is 9.58. The van der Waals surface area contributed by atoms with Crippen LogP contribution in [0.1, 0.15) is 19.3 Å². The number of hydrogen-bond donors (Lipinski definition) is 3. The predicted molar refractivity (Wildman–Crippen MR) is 143 cm³/mol. The molecule has 6 nitrogen and oxygen atoms in total. The number of nitrogens with one attached hydrogen (secondary N) is 3. The van der Waals surface area contributed by atoms with Crippen LogP contribution in [-0.2, 0) is 0 Å². The molecule has 34 heavy (non-hydrogen) atoms. The third kappa shape index (κ3) is 6.69. The SMILES string of the molecule is COc1ccc(-c2cc(NCCCNC(CCN(C)C)CC3CNC3)c3ccccc3n2)cc1. The summed E-state index contributed by atoms with van der Waals surface area (Å²) in [5.74, 6) is 1.69. The van der Waals surface area contributed by atoms with Gasteiger partial charge in [0.15, 0.2) is 0 Å². The normalized spacial score (nSPS) is 14.8. The third-order valence-electron chi connectivity index (χ3n) is 6.61. The van der Waals surface area contributed by atoms with Crippen molar-refractivity contribution in [1.82, 2.24) is 20.5 Å². The van der Waals surface area contributed by atoms with E-state index in [0.717, 1.165) is 65.6 Å². The number of nitrogens with zero attached hydrogens (tertiary/aromatic N) is 2. The second kappa shape index (κ2) is 12.2. The van der Waals surface area contributed by atoms with E-state index in [1.165, 1.54) is 25.9 Å². The van der Waals surface area contributed by atoms with Gasteiger partial charge < -0.3 is 25.6 Å². The zero-order valence-electron chi connectivity index (χ0n) is 20.8. The second-order valence-electron chi connectivity index (χ2n) is 9.58. The van der Waals surface area contributed by atoms with Crippen molar-refractivity contribution in [3.8, 4) is 17.0 Å². The predicted octanol–water partition coefficient (Wildman–Crippen LogP) is 4.23. The van der Waals surface area contributed by atoms with Crippen LogP contribution in [-0.4, -0.2) is 69.9 Å². The summed E-state index contributed by atoms with van der Waals surface area (Å²) < 4.78 is 5.31. The number of aromatic nitrogens is 1. The van der Waals surface area contributed by atoms with E-state index in [-0.39, 0.29) is 0 Å². The minimum absolute atomic E-state index is 0.595. The van der Waals surface area contributed by atoms with Crippen molar-refractivity contribution >= 4 is 16.6 Å². The largest absolute Gasteiger partial charge is 0.497 e. The molecule has 1 aliphatic heterocycles. The molecule has 1 saturated heterocycles. The lowest BCUT2D eigenvalue weighted by molar-refractivity contribution is 0.264. The summed E-state index contributed by atoms with van der Waals surface area (Å²) in [4.78, 5) is 7.18. The smallest absolute Gasteiger partial charge is 0.118 e. The van der Waals surface area contributed by atoms with Gasteiger partial charge in [-0.2, -0.15) is 0 Å². The molecule has 3 aromatic rings. The Hall–Kier alpha value is -2.67. The Kier molecular flexibility index (Phi) is 8.74. The van der Waals surface area contributed by atoms with E-state index in [2.05, 4.69) is 71.3 Å². The fraction of sp³-hybridized carbons (Fsp3) is 0.464. The quantitative estimate of drug-likeness (QED) is 0.331. The zero-order valence-corrected chi connectivity index (χ0v) is 20.8. The number of rotatable bonds is 13. The molecule has 4 rings (SSSR count).